The molecule has 2 unspecified atom stereocenters. The molecule has 0 rings (SSSR count). The Bertz CT molecular complexity index is 1350. The van der Waals surface area contributed by atoms with Crippen LogP contribution in [0.25, 0.3) is 0 Å². The van der Waals surface area contributed by atoms with Gasteiger partial charge < -0.3 is 20.1 Å². The molecule has 0 fully saturated rings. The predicted molar refractivity (Wildman–Crippen MR) is 265 cm³/mol. The second kappa shape index (κ2) is 48.4. The Labute approximate surface area is 385 Å². The lowest BCUT2D eigenvalue weighted by atomic mass is 10.1. The lowest BCUT2D eigenvalue weighted by molar-refractivity contribution is -0.161. The summed E-state index contributed by atoms with van der Waals surface area (Å²) < 4.78 is 32.9. The minimum atomic E-state index is -4.39. The van der Waals surface area contributed by atoms with Crippen LogP contribution in [0, 0.1) is 0 Å². The molecule has 10 heteroatoms. The summed E-state index contributed by atoms with van der Waals surface area (Å²) in [5.41, 5.74) is 5.36. The van der Waals surface area contributed by atoms with Gasteiger partial charge in [-0.1, -0.05) is 182 Å². The molecule has 0 aliphatic heterocycles. The van der Waals surface area contributed by atoms with E-state index in [4.69, 9.17) is 24.3 Å². The van der Waals surface area contributed by atoms with Gasteiger partial charge in [0.05, 0.1) is 13.2 Å². The van der Waals surface area contributed by atoms with Crippen molar-refractivity contribution in [2.75, 3.05) is 26.4 Å². The first-order valence-corrected chi connectivity index (χ1v) is 26.2. The Morgan fingerprint density at radius 1 is 0.492 bits per heavy atom. The Balaban J connectivity index is 4.15. The standard InChI is InChI=1S/C53H90NO8P/c1-3-5-7-9-11-13-15-17-19-20-21-22-23-24-25-26-27-28-29-30-32-34-36-38-40-42-44-46-53(56)62-51(50-61-63(57,58)60-48-47-54)49-59-52(55)45-43-41-39-37-35-33-31-18-16-14-12-10-8-6-4-2/h5,7,11,13,17-19,21-22,24-25,27-28,30-32,51H,3-4,6,8-10,12,14-16,20,23,26,29,33-50,54H2,1-2H3,(H,57,58)/b7-5-,13-11-,19-17-,22-21-,25-24-,28-27-,31-18-,32-30-. The Morgan fingerprint density at radius 2 is 0.873 bits per heavy atom. The van der Waals surface area contributed by atoms with E-state index in [9.17, 15) is 19.0 Å². The minimum Gasteiger partial charge on any atom is -0.462 e. The fraction of sp³-hybridized carbons (Fsp3) is 0.660. The average Bonchev–Trinajstić information content (AvgIpc) is 3.27. The first-order valence-electron chi connectivity index (χ1n) is 24.7. The molecule has 63 heavy (non-hydrogen) atoms. The van der Waals surface area contributed by atoms with Crippen LogP contribution >= 0.6 is 7.82 Å². The molecule has 3 N–H and O–H groups in total. The van der Waals surface area contributed by atoms with E-state index >= 15 is 0 Å². The molecule has 0 bridgehead atoms. The summed E-state index contributed by atoms with van der Waals surface area (Å²) in [6, 6.07) is 0. The van der Waals surface area contributed by atoms with Crippen LogP contribution in [0.3, 0.4) is 0 Å². The summed E-state index contributed by atoms with van der Waals surface area (Å²) in [6.07, 6.45) is 63.0. The van der Waals surface area contributed by atoms with E-state index in [0.717, 1.165) is 109 Å². The lowest BCUT2D eigenvalue weighted by Gasteiger charge is -2.19. The van der Waals surface area contributed by atoms with Gasteiger partial charge in [0, 0.05) is 19.4 Å². The first kappa shape index (κ1) is 59.9. The lowest BCUT2D eigenvalue weighted by Crippen LogP contribution is -2.29. The van der Waals surface area contributed by atoms with Crippen molar-refractivity contribution in [3.8, 4) is 0 Å². The molecule has 9 nitrogen and oxygen atoms in total. The van der Waals surface area contributed by atoms with Gasteiger partial charge in [-0.2, -0.15) is 0 Å². The van der Waals surface area contributed by atoms with Gasteiger partial charge in [-0.15, -0.1) is 0 Å². The third-order valence-electron chi connectivity index (χ3n) is 9.95. The van der Waals surface area contributed by atoms with Gasteiger partial charge >= 0.3 is 19.8 Å². The summed E-state index contributed by atoms with van der Waals surface area (Å²) in [5.74, 6) is -0.867. The van der Waals surface area contributed by atoms with Crippen molar-refractivity contribution in [3.63, 3.8) is 0 Å². The maximum Gasteiger partial charge on any atom is 0.472 e. The van der Waals surface area contributed by atoms with Gasteiger partial charge in [-0.25, -0.2) is 4.57 Å². The Hall–Kier alpha value is -3.07. The summed E-state index contributed by atoms with van der Waals surface area (Å²) in [5, 5.41) is 0. The molecule has 360 valence electrons. The first-order chi connectivity index (χ1) is 30.8. The highest BCUT2D eigenvalue weighted by atomic mass is 31.2. The van der Waals surface area contributed by atoms with Gasteiger partial charge in [-0.3, -0.25) is 18.6 Å². The smallest absolute Gasteiger partial charge is 0.462 e. The molecule has 0 aromatic carbocycles. The number of unbranched alkanes of at least 4 members (excludes halogenated alkanes) is 16. The number of nitrogens with two attached hydrogens (primary N) is 1. The van der Waals surface area contributed by atoms with Crippen molar-refractivity contribution in [2.24, 2.45) is 5.73 Å². The van der Waals surface area contributed by atoms with E-state index in [1.54, 1.807) is 0 Å². The number of ether oxygens (including phenoxy) is 2. The monoisotopic (exact) mass is 900 g/mol. The van der Waals surface area contributed by atoms with Crippen LogP contribution in [0.1, 0.15) is 194 Å². The van der Waals surface area contributed by atoms with Crippen LogP contribution in [-0.2, 0) is 32.7 Å². The van der Waals surface area contributed by atoms with Crippen molar-refractivity contribution in [1.82, 2.24) is 0 Å². The van der Waals surface area contributed by atoms with Crippen LogP contribution in [0.15, 0.2) is 97.2 Å². The van der Waals surface area contributed by atoms with Gasteiger partial charge in [0.15, 0.2) is 6.10 Å². The maximum absolute atomic E-state index is 12.6. The molecule has 0 aromatic heterocycles. The maximum atomic E-state index is 12.6. The zero-order chi connectivity index (χ0) is 46.0. The number of rotatable bonds is 45. The van der Waals surface area contributed by atoms with E-state index in [2.05, 4.69) is 111 Å². The second-order valence-electron chi connectivity index (χ2n) is 15.9. The molecule has 0 aliphatic carbocycles. The van der Waals surface area contributed by atoms with Crippen LogP contribution in [0.5, 0.6) is 0 Å². The highest BCUT2D eigenvalue weighted by Crippen LogP contribution is 2.43. The van der Waals surface area contributed by atoms with E-state index in [-0.39, 0.29) is 32.6 Å². The molecule has 2 atom stereocenters. The van der Waals surface area contributed by atoms with E-state index < -0.39 is 32.5 Å². The molecule has 0 spiro atoms. The number of esters is 2. The second-order valence-corrected chi connectivity index (χ2v) is 17.4. The highest BCUT2D eigenvalue weighted by Gasteiger charge is 2.26. The van der Waals surface area contributed by atoms with Crippen LogP contribution in [0.4, 0.5) is 0 Å². The number of phosphoric ester groups is 1. The molecular formula is C53H90NO8P. The van der Waals surface area contributed by atoms with E-state index in [1.165, 1.54) is 44.9 Å². The van der Waals surface area contributed by atoms with Gasteiger partial charge in [0.1, 0.15) is 6.61 Å². The third-order valence-corrected chi connectivity index (χ3v) is 10.9. The summed E-state index contributed by atoms with van der Waals surface area (Å²) >= 11 is 0. The van der Waals surface area contributed by atoms with Gasteiger partial charge in [-0.05, 0) is 96.3 Å². The number of allylic oxidation sites excluding steroid dienone is 16. The van der Waals surface area contributed by atoms with Crippen molar-refractivity contribution in [2.45, 2.75) is 200 Å². The highest BCUT2D eigenvalue weighted by molar-refractivity contribution is 7.47. The normalized spacial score (nSPS) is 14.0. The van der Waals surface area contributed by atoms with Crippen molar-refractivity contribution >= 4 is 19.8 Å². The Kier molecular flexibility index (Phi) is 46.0. The number of hydrogen-bond donors (Lipinski definition) is 2. The van der Waals surface area contributed by atoms with Crippen molar-refractivity contribution in [1.29, 1.82) is 0 Å². The van der Waals surface area contributed by atoms with E-state index in [1.807, 2.05) is 0 Å². The third kappa shape index (κ3) is 48.2. The number of carbonyl (C=O) groups is 2. The van der Waals surface area contributed by atoms with Crippen molar-refractivity contribution < 1.29 is 37.6 Å². The quantitative estimate of drug-likeness (QED) is 0.0265. The molecule has 0 saturated carbocycles. The molecule has 0 saturated heterocycles. The number of carbonyl (C=O) groups excluding carboxylic acids is 2. The largest absolute Gasteiger partial charge is 0.472 e. The fourth-order valence-electron chi connectivity index (χ4n) is 6.31. The minimum absolute atomic E-state index is 0.0437. The molecule has 0 heterocycles. The number of hydrogen-bond acceptors (Lipinski definition) is 8. The van der Waals surface area contributed by atoms with Gasteiger partial charge in [0.25, 0.3) is 0 Å². The molecule has 0 radical (unpaired) electrons. The summed E-state index contributed by atoms with van der Waals surface area (Å²) in [4.78, 5) is 35.0. The summed E-state index contributed by atoms with van der Waals surface area (Å²) in [6.45, 7) is 3.57. The fourth-order valence-corrected chi connectivity index (χ4v) is 7.08. The predicted octanol–water partition coefficient (Wildman–Crippen LogP) is 14.9. The van der Waals surface area contributed by atoms with Crippen LogP contribution in [0.2, 0.25) is 0 Å². The van der Waals surface area contributed by atoms with Crippen molar-refractivity contribution in [3.05, 3.63) is 97.2 Å². The van der Waals surface area contributed by atoms with Crippen LogP contribution in [-0.4, -0.2) is 49.3 Å². The van der Waals surface area contributed by atoms with Crippen LogP contribution < -0.4 is 5.73 Å². The zero-order valence-electron chi connectivity index (χ0n) is 39.8. The Morgan fingerprint density at radius 3 is 1.32 bits per heavy atom. The van der Waals surface area contributed by atoms with Gasteiger partial charge in [0.2, 0.25) is 0 Å². The molecular weight excluding hydrogens is 810 g/mol. The average molecular weight is 900 g/mol. The SMILES string of the molecule is CC/C=C\C/C=C\C/C=C\C/C=C\C/C=C\C/C=C\C/C=C\CCCCCCCC(=O)OC(COC(=O)CCCCCCC/C=C\CCCCCCCC)COP(=O)(O)OCCN. The summed E-state index contributed by atoms with van der Waals surface area (Å²) in [7, 11) is -4.39. The zero-order valence-corrected chi connectivity index (χ0v) is 40.7. The van der Waals surface area contributed by atoms with E-state index in [0.29, 0.717) is 12.8 Å². The molecule has 0 amide bonds. The number of phosphoric acid groups is 1. The molecule has 0 aliphatic rings. The topological polar surface area (TPSA) is 134 Å². The molecule has 0 aromatic rings.